The van der Waals surface area contributed by atoms with E-state index in [0.717, 1.165) is 6.42 Å². The molecule has 0 aromatic carbocycles. The number of hydrogen-bond acceptors (Lipinski definition) is 2. The molecular weight excluding hydrogens is 112 g/mol. The van der Waals surface area contributed by atoms with Crippen molar-refractivity contribution in [2.24, 2.45) is 0 Å². The van der Waals surface area contributed by atoms with Crippen molar-refractivity contribution < 1.29 is 0 Å². The van der Waals surface area contributed by atoms with Gasteiger partial charge in [-0.15, -0.1) is 0 Å². The van der Waals surface area contributed by atoms with Gasteiger partial charge in [-0.05, 0) is 20.5 Å². The first kappa shape index (κ1) is 6.78. The van der Waals surface area contributed by atoms with E-state index < -0.39 is 0 Å². The maximum absolute atomic E-state index is 3.24. The Morgan fingerprint density at radius 2 is 2.11 bits per heavy atom. The summed E-state index contributed by atoms with van der Waals surface area (Å²) in [5.41, 5.74) is 0. The molecule has 0 fully saturated rings. The molecular formula is C7H14N2. The highest BCUT2D eigenvalue weighted by atomic mass is 15.0. The van der Waals surface area contributed by atoms with Gasteiger partial charge in [-0.3, -0.25) is 0 Å². The Balaban J connectivity index is 2.39. The molecule has 0 amide bonds. The molecule has 1 rings (SSSR count). The predicted molar refractivity (Wildman–Crippen MR) is 39.5 cm³/mol. The van der Waals surface area contributed by atoms with Crippen LogP contribution in [0.2, 0.25) is 0 Å². The van der Waals surface area contributed by atoms with Gasteiger partial charge in [0.1, 0.15) is 0 Å². The minimum atomic E-state index is 0.537. The van der Waals surface area contributed by atoms with Crippen LogP contribution in [-0.2, 0) is 0 Å². The molecule has 0 aromatic rings. The Kier molecular flexibility index (Phi) is 2.25. The van der Waals surface area contributed by atoms with Crippen LogP contribution < -0.4 is 10.6 Å². The first-order valence-corrected chi connectivity index (χ1v) is 3.39. The van der Waals surface area contributed by atoms with Gasteiger partial charge in [0.25, 0.3) is 0 Å². The molecule has 0 radical (unpaired) electrons. The molecule has 0 saturated heterocycles. The third-order valence-corrected chi connectivity index (χ3v) is 1.87. The van der Waals surface area contributed by atoms with Crippen LogP contribution in [0.15, 0.2) is 12.2 Å². The summed E-state index contributed by atoms with van der Waals surface area (Å²) in [4.78, 5) is 0. The summed E-state index contributed by atoms with van der Waals surface area (Å²) in [6.07, 6.45) is 5.57. The van der Waals surface area contributed by atoms with Gasteiger partial charge in [-0.1, -0.05) is 12.2 Å². The molecule has 9 heavy (non-hydrogen) atoms. The smallest absolute Gasteiger partial charge is 0.0405 e. The Labute approximate surface area is 56.3 Å². The van der Waals surface area contributed by atoms with E-state index in [9.17, 15) is 0 Å². The lowest BCUT2D eigenvalue weighted by atomic mass is 10.2. The highest BCUT2D eigenvalue weighted by Gasteiger charge is 2.17. The molecule has 2 atom stereocenters. The van der Waals surface area contributed by atoms with Crippen LogP contribution in [0.1, 0.15) is 6.42 Å². The minimum absolute atomic E-state index is 0.537. The topological polar surface area (TPSA) is 24.1 Å². The van der Waals surface area contributed by atoms with Crippen molar-refractivity contribution >= 4 is 0 Å². The summed E-state index contributed by atoms with van der Waals surface area (Å²) in [6, 6.07) is 1.14. The normalized spacial score (nSPS) is 33.6. The Hall–Kier alpha value is -0.340. The molecule has 52 valence electrons. The van der Waals surface area contributed by atoms with Gasteiger partial charge in [0.05, 0.1) is 0 Å². The second kappa shape index (κ2) is 2.99. The molecule has 1 aliphatic rings. The van der Waals surface area contributed by atoms with Crippen molar-refractivity contribution in [2.45, 2.75) is 18.5 Å². The lowest BCUT2D eigenvalue weighted by Gasteiger charge is -2.16. The zero-order valence-corrected chi connectivity index (χ0v) is 6.02. The van der Waals surface area contributed by atoms with Crippen molar-refractivity contribution in [1.29, 1.82) is 0 Å². The second-order valence-electron chi connectivity index (χ2n) is 2.37. The first-order valence-electron chi connectivity index (χ1n) is 3.39. The quantitative estimate of drug-likeness (QED) is 0.514. The van der Waals surface area contributed by atoms with E-state index in [2.05, 4.69) is 22.8 Å². The SMILES string of the molecule is CNC1C=CCC1NC. The van der Waals surface area contributed by atoms with Crippen molar-refractivity contribution in [2.75, 3.05) is 14.1 Å². The second-order valence-corrected chi connectivity index (χ2v) is 2.37. The first-order chi connectivity index (χ1) is 4.38. The van der Waals surface area contributed by atoms with Gasteiger partial charge < -0.3 is 10.6 Å². The summed E-state index contributed by atoms with van der Waals surface area (Å²) < 4.78 is 0. The lowest BCUT2D eigenvalue weighted by molar-refractivity contribution is 0.490. The molecule has 0 bridgehead atoms. The lowest BCUT2D eigenvalue weighted by Crippen LogP contribution is -2.40. The monoisotopic (exact) mass is 126 g/mol. The van der Waals surface area contributed by atoms with Crippen molar-refractivity contribution in [3.8, 4) is 0 Å². The predicted octanol–water partition coefficient (Wildman–Crippen LogP) is 0.122. The third-order valence-electron chi connectivity index (χ3n) is 1.87. The van der Waals surface area contributed by atoms with Crippen LogP contribution in [-0.4, -0.2) is 26.2 Å². The number of hydrogen-bond donors (Lipinski definition) is 2. The fourth-order valence-electron chi connectivity index (χ4n) is 1.25. The fraction of sp³-hybridized carbons (Fsp3) is 0.714. The van der Waals surface area contributed by atoms with Crippen LogP contribution in [0.4, 0.5) is 0 Å². The van der Waals surface area contributed by atoms with Crippen LogP contribution in [0.25, 0.3) is 0 Å². The summed E-state index contributed by atoms with van der Waals surface area (Å²) in [5.74, 6) is 0. The van der Waals surface area contributed by atoms with Crippen molar-refractivity contribution in [3.63, 3.8) is 0 Å². The summed E-state index contributed by atoms with van der Waals surface area (Å²) in [7, 11) is 3.99. The van der Waals surface area contributed by atoms with E-state index in [1.165, 1.54) is 0 Å². The summed E-state index contributed by atoms with van der Waals surface area (Å²) in [6.45, 7) is 0. The van der Waals surface area contributed by atoms with Crippen LogP contribution in [0, 0.1) is 0 Å². The zero-order chi connectivity index (χ0) is 6.69. The van der Waals surface area contributed by atoms with Gasteiger partial charge in [0.15, 0.2) is 0 Å². The summed E-state index contributed by atoms with van der Waals surface area (Å²) in [5, 5.41) is 6.46. The van der Waals surface area contributed by atoms with Crippen LogP contribution >= 0.6 is 0 Å². The van der Waals surface area contributed by atoms with E-state index in [4.69, 9.17) is 0 Å². The molecule has 2 heteroatoms. The van der Waals surface area contributed by atoms with Gasteiger partial charge in [-0.2, -0.15) is 0 Å². The van der Waals surface area contributed by atoms with E-state index in [1.807, 2.05) is 14.1 Å². The van der Waals surface area contributed by atoms with Crippen molar-refractivity contribution in [3.05, 3.63) is 12.2 Å². The van der Waals surface area contributed by atoms with Crippen LogP contribution in [0.5, 0.6) is 0 Å². The third kappa shape index (κ3) is 1.32. The Morgan fingerprint density at radius 1 is 1.33 bits per heavy atom. The van der Waals surface area contributed by atoms with E-state index in [1.54, 1.807) is 0 Å². The van der Waals surface area contributed by atoms with Gasteiger partial charge in [0.2, 0.25) is 0 Å². The number of rotatable bonds is 2. The molecule has 0 aliphatic heterocycles. The number of likely N-dealkylation sites (N-methyl/N-ethyl adjacent to an activating group) is 2. The van der Waals surface area contributed by atoms with Crippen LogP contribution in [0.3, 0.4) is 0 Å². The zero-order valence-electron chi connectivity index (χ0n) is 6.02. The van der Waals surface area contributed by atoms with Gasteiger partial charge in [-0.25, -0.2) is 0 Å². The standard InChI is InChI=1S/C7H14N2/c1-8-6-4-3-5-7(6)9-2/h3-4,6-9H,5H2,1-2H3. The largest absolute Gasteiger partial charge is 0.315 e. The van der Waals surface area contributed by atoms with Gasteiger partial charge in [0, 0.05) is 12.1 Å². The Bertz CT molecular complexity index is 109. The maximum atomic E-state index is 3.24. The van der Waals surface area contributed by atoms with Crippen molar-refractivity contribution in [1.82, 2.24) is 10.6 Å². The molecule has 2 N–H and O–H groups in total. The molecule has 0 aromatic heterocycles. The Morgan fingerprint density at radius 3 is 2.56 bits per heavy atom. The average Bonchev–Trinajstić information content (AvgIpc) is 2.33. The highest BCUT2D eigenvalue weighted by molar-refractivity contribution is 5.08. The summed E-state index contributed by atoms with van der Waals surface area (Å²) >= 11 is 0. The maximum Gasteiger partial charge on any atom is 0.0405 e. The minimum Gasteiger partial charge on any atom is -0.315 e. The van der Waals surface area contributed by atoms with E-state index in [-0.39, 0.29) is 0 Å². The molecule has 2 nitrogen and oxygen atoms in total. The molecule has 2 unspecified atom stereocenters. The molecule has 0 saturated carbocycles. The van der Waals surface area contributed by atoms with Gasteiger partial charge >= 0.3 is 0 Å². The van der Waals surface area contributed by atoms with E-state index in [0.29, 0.717) is 12.1 Å². The fourth-order valence-corrected chi connectivity index (χ4v) is 1.25. The van der Waals surface area contributed by atoms with E-state index >= 15 is 0 Å². The molecule has 1 aliphatic carbocycles. The molecule has 0 spiro atoms. The molecule has 0 heterocycles. The highest BCUT2D eigenvalue weighted by Crippen LogP contribution is 2.08. The average molecular weight is 126 g/mol. The number of nitrogens with one attached hydrogen (secondary N) is 2.